The van der Waals surface area contributed by atoms with Crippen molar-refractivity contribution in [3.8, 4) is 24.0 Å². The van der Waals surface area contributed by atoms with Gasteiger partial charge in [0.15, 0.2) is 0 Å². The van der Waals surface area contributed by atoms with Crippen LogP contribution in [0.25, 0.3) is 5.57 Å². The van der Waals surface area contributed by atoms with E-state index in [0.29, 0.717) is 17.1 Å². The quantitative estimate of drug-likeness (QED) is 0.619. The van der Waals surface area contributed by atoms with E-state index in [2.05, 4.69) is 0 Å². The minimum atomic E-state index is 0.116. The van der Waals surface area contributed by atoms with Gasteiger partial charge in [-0.25, -0.2) is 0 Å². The van der Waals surface area contributed by atoms with Crippen LogP contribution in [0, 0.1) is 50.7 Å². The second kappa shape index (κ2) is 8.15. The molecule has 2 rings (SSSR count). The summed E-state index contributed by atoms with van der Waals surface area (Å²) in [6.45, 7) is 7.40. The van der Waals surface area contributed by atoms with Crippen molar-refractivity contribution in [2.45, 2.75) is 27.7 Å². The number of nitrogens with zero attached hydrogens (tertiary/aromatic N) is 2. The third-order valence-electron chi connectivity index (χ3n) is 3.98. The molecular weight excluding hydrogens is 371 g/mol. The van der Waals surface area contributed by atoms with E-state index < -0.39 is 0 Å². The van der Waals surface area contributed by atoms with Crippen molar-refractivity contribution in [1.29, 1.82) is 10.5 Å². The summed E-state index contributed by atoms with van der Waals surface area (Å²) in [5.74, 6) is 1.04. The van der Waals surface area contributed by atoms with Gasteiger partial charge in [-0.2, -0.15) is 0 Å². The SMILES string of the molecule is Cc1cc(C(=C(Cl)Cl)c2cc(C)c(OC#N)c(C)c2)cc(C)c1OC#N. The molecule has 2 aromatic rings. The molecule has 0 amide bonds. The molecule has 132 valence electrons. The lowest BCUT2D eigenvalue weighted by Gasteiger charge is -2.16. The van der Waals surface area contributed by atoms with Crippen LogP contribution in [-0.2, 0) is 0 Å². The van der Waals surface area contributed by atoms with Crippen molar-refractivity contribution < 1.29 is 9.47 Å². The number of rotatable bonds is 4. The Hall–Kier alpha value is -2.66. The lowest BCUT2D eigenvalue weighted by Crippen LogP contribution is -1.98. The van der Waals surface area contributed by atoms with Crippen LogP contribution in [0.1, 0.15) is 33.4 Å². The number of nitriles is 2. The predicted molar refractivity (Wildman–Crippen MR) is 102 cm³/mol. The van der Waals surface area contributed by atoms with Crippen LogP contribution in [0.3, 0.4) is 0 Å². The van der Waals surface area contributed by atoms with Crippen LogP contribution in [0.4, 0.5) is 0 Å². The third-order valence-corrected chi connectivity index (χ3v) is 4.36. The van der Waals surface area contributed by atoms with Gasteiger partial charge in [0.25, 0.3) is 12.5 Å². The third kappa shape index (κ3) is 3.94. The van der Waals surface area contributed by atoms with Crippen LogP contribution < -0.4 is 9.47 Å². The predicted octanol–water partition coefficient (Wildman–Crippen LogP) is 5.83. The van der Waals surface area contributed by atoms with Gasteiger partial charge in [0.1, 0.15) is 16.0 Å². The van der Waals surface area contributed by atoms with Gasteiger partial charge in [0.2, 0.25) is 0 Å². The maximum Gasteiger partial charge on any atom is 0.292 e. The van der Waals surface area contributed by atoms with E-state index in [1.165, 1.54) is 0 Å². The Morgan fingerprint density at radius 1 is 0.731 bits per heavy atom. The fourth-order valence-electron chi connectivity index (χ4n) is 2.99. The van der Waals surface area contributed by atoms with Gasteiger partial charge in [-0.15, -0.1) is 10.5 Å². The Labute approximate surface area is 162 Å². The maximum absolute atomic E-state index is 8.79. The van der Waals surface area contributed by atoms with Crippen molar-refractivity contribution >= 4 is 28.8 Å². The van der Waals surface area contributed by atoms with E-state index in [4.69, 9.17) is 43.2 Å². The molecule has 0 saturated heterocycles. The molecule has 26 heavy (non-hydrogen) atoms. The fraction of sp³-hybridized carbons (Fsp3) is 0.200. The monoisotopic (exact) mass is 386 g/mol. The molecule has 2 aromatic carbocycles. The average Bonchev–Trinajstić information content (AvgIpc) is 2.54. The first kappa shape index (κ1) is 19.7. The van der Waals surface area contributed by atoms with Crippen molar-refractivity contribution in [3.63, 3.8) is 0 Å². The molecule has 0 aliphatic heterocycles. The molecule has 0 radical (unpaired) electrons. The van der Waals surface area contributed by atoms with Crippen molar-refractivity contribution in [2.75, 3.05) is 0 Å². The first-order chi connectivity index (χ1) is 12.3. The summed E-state index contributed by atoms with van der Waals surface area (Å²) in [6, 6.07) is 7.46. The zero-order chi connectivity index (χ0) is 19.4. The molecule has 0 unspecified atom stereocenters. The lowest BCUT2D eigenvalue weighted by atomic mass is 9.93. The molecular formula is C20H16Cl2N2O2. The van der Waals surface area contributed by atoms with Crippen LogP contribution >= 0.6 is 23.2 Å². The summed E-state index contributed by atoms with van der Waals surface area (Å²) >= 11 is 12.4. The second-order valence-electron chi connectivity index (χ2n) is 5.90. The smallest absolute Gasteiger partial charge is 0.292 e. The number of halogens is 2. The molecule has 4 nitrogen and oxygen atoms in total. The molecule has 0 heterocycles. The van der Waals surface area contributed by atoms with Gasteiger partial charge in [0.05, 0.1) is 0 Å². The summed E-state index contributed by atoms with van der Waals surface area (Å²) < 4.78 is 10.2. The number of ether oxygens (including phenoxy) is 2. The molecule has 0 spiro atoms. The van der Waals surface area contributed by atoms with E-state index in [0.717, 1.165) is 33.4 Å². The van der Waals surface area contributed by atoms with E-state index in [1.54, 1.807) is 12.5 Å². The van der Waals surface area contributed by atoms with E-state index in [9.17, 15) is 0 Å². The minimum Gasteiger partial charge on any atom is -0.387 e. The molecule has 0 aliphatic rings. The summed E-state index contributed by atoms with van der Waals surface area (Å²) in [5, 5.41) is 17.6. The Morgan fingerprint density at radius 2 is 1.04 bits per heavy atom. The van der Waals surface area contributed by atoms with Gasteiger partial charge in [-0.05, 0) is 85.3 Å². The standard InChI is InChI=1S/C20H16Cl2N2O2/c1-11-5-15(6-12(2)18(11)25-9-23)17(20(21)22)16-7-13(3)19(26-10-24)14(4)8-16/h5-8H,1-4H3. The Morgan fingerprint density at radius 3 is 1.27 bits per heavy atom. The average molecular weight is 387 g/mol. The second-order valence-corrected chi connectivity index (χ2v) is 6.85. The maximum atomic E-state index is 8.79. The van der Waals surface area contributed by atoms with Crippen LogP contribution in [0.5, 0.6) is 11.5 Å². The molecule has 0 N–H and O–H groups in total. The van der Waals surface area contributed by atoms with Crippen molar-refractivity contribution in [1.82, 2.24) is 0 Å². The first-order valence-corrected chi connectivity index (χ1v) is 8.46. The van der Waals surface area contributed by atoms with E-state index >= 15 is 0 Å². The van der Waals surface area contributed by atoms with E-state index in [-0.39, 0.29) is 4.49 Å². The molecule has 0 aromatic heterocycles. The highest BCUT2D eigenvalue weighted by molar-refractivity contribution is 6.59. The fourth-order valence-corrected chi connectivity index (χ4v) is 3.42. The van der Waals surface area contributed by atoms with Gasteiger partial charge < -0.3 is 9.47 Å². The van der Waals surface area contributed by atoms with Crippen molar-refractivity contribution in [2.24, 2.45) is 0 Å². The Bertz CT molecular complexity index is 859. The topological polar surface area (TPSA) is 66.0 Å². The van der Waals surface area contributed by atoms with Gasteiger partial charge in [0, 0.05) is 5.57 Å². The summed E-state index contributed by atoms with van der Waals surface area (Å²) in [5.41, 5.74) is 5.45. The molecule has 6 heteroatoms. The summed E-state index contributed by atoms with van der Waals surface area (Å²) in [4.78, 5) is 0. The summed E-state index contributed by atoms with van der Waals surface area (Å²) in [6.07, 6.45) is 3.40. The Kier molecular flexibility index (Phi) is 6.16. The molecule has 0 fully saturated rings. The molecule has 0 bridgehead atoms. The number of aryl methyl sites for hydroxylation is 4. The van der Waals surface area contributed by atoms with Gasteiger partial charge >= 0.3 is 0 Å². The number of hydrogen-bond acceptors (Lipinski definition) is 4. The molecule has 0 atom stereocenters. The van der Waals surface area contributed by atoms with Gasteiger partial charge in [-0.1, -0.05) is 23.2 Å². The van der Waals surface area contributed by atoms with E-state index in [1.807, 2.05) is 52.0 Å². The van der Waals surface area contributed by atoms with Crippen LogP contribution in [-0.4, -0.2) is 0 Å². The van der Waals surface area contributed by atoms with Gasteiger partial charge in [-0.3, -0.25) is 0 Å². The molecule has 0 saturated carbocycles. The largest absolute Gasteiger partial charge is 0.387 e. The normalized spacial score (nSPS) is 9.85. The van der Waals surface area contributed by atoms with Crippen LogP contribution in [0.15, 0.2) is 28.8 Å². The first-order valence-electron chi connectivity index (χ1n) is 7.70. The summed E-state index contributed by atoms with van der Waals surface area (Å²) in [7, 11) is 0. The Balaban J connectivity index is 2.65. The highest BCUT2D eigenvalue weighted by atomic mass is 35.5. The number of hydrogen-bond donors (Lipinski definition) is 0. The highest BCUT2D eigenvalue weighted by Crippen LogP contribution is 2.37. The highest BCUT2D eigenvalue weighted by Gasteiger charge is 2.16. The number of benzene rings is 2. The van der Waals surface area contributed by atoms with Crippen molar-refractivity contribution in [3.05, 3.63) is 62.1 Å². The lowest BCUT2D eigenvalue weighted by molar-refractivity contribution is 0.499. The zero-order valence-corrected chi connectivity index (χ0v) is 16.3. The van der Waals surface area contributed by atoms with Crippen LogP contribution in [0.2, 0.25) is 0 Å². The molecule has 0 aliphatic carbocycles. The minimum absolute atomic E-state index is 0.116. The zero-order valence-electron chi connectivity index (χ0n) is 14.8.